The van der Waals surface area contributed by atoms with Crippen LogP contribution in [-0.4, -0.2) is 26.5 Å². The zero-order chi connectivity index (χ0) is 22.6. The van der Waals surface area contributed by atoms with E-state index in [-0.39, 0.29) is 0 Å². The number of hydrogen-bond acceptors (Lipinski definition) is 3. The molecule has 0 bridgehead atoms. The summed E-state index contributed by atoms with van der Waals surface area (Å²) in [6, 6.07) is 21.3. The molecule has 168 valence electrons. The van der Waals surface area contributed by atoms with Crippen molar-refractivity contribution >= 4 is 22.1 Å². The highest BCUT2D eigenvalue weighted by Gasteiger charge is 2.10. The zero-order valence-corrected chi connectivity index (χ0v) is 19.2. The van der Waals surface area contributed by atoms with Gasteiger partial charge in [0.05, 0.1) is 22.1 Å². The predicted octanol–water partition coefficient (Wildman–Crippen LogP) is 6.53. The molecule has 0 aliphatic rings. The van der Waals surface area contributed by atoms with Crippen molar-refractivity contribution in [3.05, 3.63) is 71.8 Å². The molecule has 5 aromatic rings. The van der Waals surface area contributed by atoms with E-state index in [4.69, 9.17) is 15.7 Å². The van der Waals surface area contributed by atoms with Gasteiger partial charge in [-0.2, -0.15) is 0 Å². The van der Waals surface area contributed by atoms with Crippen LogP contribution in [0.3, 0.4) is 0 Å². The van der Waals surface area contributed by atoms with E-state index in [2.05, 4.69) is 77.6 Å². The van der Waals surface area contributed by atoms with Gasteiger partial charge in [0.2, 0.25) is 0 Å². The third-order valence-electron chi connectivity index (χ3n) is 6.29. The molecule has 2 aromatic heterocycles. The lowest BCUT2D eigenvalue weighted by molar-refractivity contribution is 0.618. The first-order chi connectivity index (χ1) is 16.2. The lowest BCUT2D eigenvalue weighted by Crippen LogP contribution is -1.97. The van der Waals surface area contributed by atoms with E-state index in [0.29, 0.717) is 0 Å². The molecule has 5 heteroatoms. The van der Waals surface area contributed by atoms with Crippen LogP contribution in [0.25, 0.3) is 44.8 Å². The number of H-pyrrole nitrogens is 2. The van der Waals surface area contributed by atoms with E-state index in [9.17, 15) is 0 Å². The minimum Gasteiger partial charge on any atom is -0.338 e. The highest BCUT2D eigenvalue weighted by Crippen LogP contribution is 2.27. The van der Waals surface area contributed by atoms with E-state index in [1.54, 1.807) is 0 Å². The van der Waals surface area contributed by atoms with Crippen LogP contribution in [0.4, 0.5) is 0 Å². The molecule has 2 heterocycles. The normalized spacial score (nSPS) is 11.6. The van der Waals surface area contributed by atoms with Crippen LogP contribution in [0.15, 0.2) is 60.7 Å². The van der Waals surface area contributed by atoms with Crippen LogP contribution < -0.4 is 5.73 Å². The molecule has 0 aliphatic heterocycles. The Morgan fingerprint density at radius 2 is 1.27 bits per heavy atom. The highest BCUT2D eigenvalue weighted by molar-refractivity contribution is 5.86. The SMILES string of the molecule is Cc1ccc2nc(-c3ccc4nc(-c5ccc(CCCCCCCN)cc5)[nH]c4c3)[nH]c2c1. The van der Waals surface area contributed by atoms with Gasteiger partial charge in [-0.15, -0.1) is 0 Å². The molecule has 0 atom stereocenters. The highest BCUT2D eigenvalue weighted by atomic mass is 14.9. The first kappa shape index (κ1) is 21.4. The van der Waals surface area contributed by atoms with Gasteiger partial charge in [-0.05, 0) is 74.2 Å². The number of aryl methyl sites for hydroxylation is 2. The number of rotatable bonds is 9. The fraction of sp³-hybridized carbons (Fsp3) is 0.286. The lowest BCUT2D eigenvalue weighted by Gasteiger charge is -2.03. The van der Waals surface area contributed by atoms with Gasteiger partial charge in [0.25, 0.3) is 0 Å². The Bertz CT molecular complexity index is 1360. The summed E-state index contributed by atoms with van der Waals surface area (Å²) in [4.78, 5) is 16.5. The number of unbranched alkanes of at least 4 members (excludes halogenated alkanes) is 4. The van der Waals surface area contributed by atoms with Crippen molar-refractivity contribution < 1.29 is 0 Å². The summed E-state index contributed by atoms with van der Waals surface area (Å²) in [5.74, 6) is 1.77. The number of nitrogens with zero attached hydrogens (tertiary/aromatic N) is 2. The maximum Gasteiger partial charge on any atom is 0.138 e. The van der Waals surface area contributed by atoms with Crippen molar-refractivity contribution in [1.82, 2.24) is 19.9 Å². The number of hydrogen-bond donors (Lipinski definition) is 3. The van der Waals surface area contributed by atoms with Crippen LogP contribution in [-0.2, 0) is 6.42 Å². The standard InChI is InChI=1S/C28H31N5/c1-19-8-14-23-25(17-19)32-28(31-23)22-13-15-24-26(18-22)33-27(30-24)21-11-9-20(10-12-21)7-5-3-2-4-6-16-29/h8-15,17-18H,2-7,16,29H2,1H3,(H,30,33)(H,31,32). The number of benzene rings is 3. The second kappa shape index (κ2) is 9.59. The maximum absolute atomic E-state index is 5.56. The van der Waals surface area contributed by atoms with Gasteiger partial charge in [-0.3, -0.25) is 0 Å². The fourth-order valence-corrected chi connectivity index (χ4v) is 4.39. The Hall–Kier alpha value is -3.44. The molecule has 4 N–H and O–H groups in total. The van der Waals surface area contributed by atoms with Crippen LogP contribution in [0.5, 0.6) is 0 Å². The third kappa shape index (κ3) is 4.83. The minimum atomic E-state index is 0.810. The first-order valence-electron chi connectivity index (χ1n) is 12.0. The van der Waals surface area contributed by atoms with Crippen molar-refractivity contribution in [2.45, 2.75) is 45.4 Å². The number of fused-ring (bicyclic) bond motifs is 2. The molecular weight excluding hydrogens is 406 g/mol. The number of aromatic nitrogens is 4. The molecule has 0 saturated carbocycles. The predicted molar refractivity (Wildman–Crippen MR) is 137 cm³/mol. The second-order valence-electron chi connectivity index (χ2n) is 8.93. The van der Waals surface area contributed by atoms with Gasteiger partial charge in [0, 0.05) is 11.1 Å². The summed E-state index contributed by atoms with van der Waals surface area (Å²) in [5, 5.41) is 0. The molecule has 33 heavy (non-hydrogen) atoms. The van der Waals surface area contributed by atoms with Crippen molar-refractivity contribution in [1.29, 1.82) is 0 Å². The molecule has 0 spiro atoms. The van der Waals surface area contributed by atoms with Crippen LogP contribution in [0.1, 0.15) is 43.2 Å². The Morgan fingerprint density at radius 3 is 2.03 bits per heavy atom. The number of aromatic amines is 2. The van der Waals surface area contributed by atoms with Crippen LogP contribution >= 0.6 is 0 Å². The maximum atomic E-state index is 5.56. The fourth-order valence-electron chi connectivity index (χ4n) is 4.39. The number of nitrogens with one attached hydrogen (secondary N) is 2. The lowest BCUT2D eigenvalue weighted by atomic mass is 10.0. The van der Waals surface area contributed by atoms with E-state index in [1.807, 2.05) is 0 Å². The summed E-state index contributed by atoms with van der Waals surface area (Å²) in [5.41, 5.74) is 14.3. The van der Waals surface area contributed by atoms with Crippen molar-refractivity contribution in [2.24, 2.45) is 5.73 Å². The smallest absolute Gasteiger partial charge is 0.138 e. The molecule has 0 amide bonds. The Morgan fingerprint density at radius 1 is 0.667 bits per heavy atom. The van der Waals surface area contributed by atoms with E-state index in [1.165, 1.54) is 36.8 Å². The number of nitrogens with two attached hydrogens (primary N) is 1. The molecule has 0 aliphatic carbocycles. The monoisotopic (exact) mass is 437 g/mol. The van der Waals surface area contributed by atoms with Crippen LogP contribution in [0.2, 0.25) is 0 Å². The summed E-state index contributed by atoms with van der Waals surface area (Å²) in [7, 11) is 0. The molecule has 5 nitrogen and oxygen atoms in total. The molecule has 5 rings (SSSR count). The van der Waals surface area contributed by atoms with Gasteiger partial charge in [0.15, 0.2) is 0 Å². The zero-order valence-electron chi connectivity index (χ0n) is 19.2. The van der Waals surface area contributed by atoms with Gasteiger partial charge in [0.1, 0.15) is 11.6 Å². The van der Waals surface area contributed by atoms with Gasteiger partial charge < -0.3 is 15.7 Å². The largest absolute Gasteiger partial charge is 0.338 e. The van der Waals surface area contributed by atoms with Crippen molar-refractivity contribution in [2.75, 3.05) is 6.54 Å². The Kier molecular flexibility index (Phi) is 6.22. The average Bonchev–Trinajstić information content (AvgIpc) is 3.45. The molecule has 3 aromatic carbocycles. The topological polar surface area (TPSA) is 83.4 Å². The summed E-state index contributed by atoms with van der Waals surface area (Å²) >= 11 is 0. The van der Waals surface area contributed by atoms with Gasteiger partial charge in [-0.25, -0.2) is 9.97 Å². The Labute approximate surface area is 194 Å². The van der Waals surface area contributed by atoms with E-state index < -0.39 is 0 Å². The number of imidazole rings is 2. The van der Waals surface area contributed by atoms with Crippen molar-refractivity contribution in [3.63, 3.8) is 0 Å². The third-order valence-corrected chi connectivity index (χ3v) is 6.29. The second-order valence-corrected chi connectivity index (χ2v) is 8.93. The minimum absolute atomic E-state index is 0.810. The molecule has 0 unspecified atom stereocenters. The van der Waals surface area contributed by atoms with Crippen molar-refractivity contribution in [3.8, 4) is 22.8 Å². The van der Waals surface area contributed by atoms with Crippen LogP contribution in [0, 0.1) is 6.92 Å². The summed E-state index contributed by atoms with van der Waals surface area (Å²) in [6.45, 7) is 2.90. The molecule has 0 saturated heterocycles. The summed E-state index contributed by atoms with van der Waals surface area (Å²) < 4.78 is 0. The summed E-state index contributed by atoms with van der Waals surface area (Å²) in [6.07, 6.45) is 7.31. The van der Waals surface area contributed by atoms with E-state index >= 15 is 0 Å². The van der Waals surface area contributed by atoms with E-state index in [0.717, 1.165) is 64.2 Å². The van der Waals surface area contributed by atoms with Gasteiger partial charge in [-0.1, -0.05) is 49.6 Å². The molecule has 0 fully saturated rings. The average molecular weight is 438 g/mol. The quantitative estimate of drug-likeness (QED) is 0.229. The molecule has 0 radical (unpaired) electrons. The Balaban J connectivity index is 1.30. The van der Waals surface area contributed by atoms with Gasteiger partial charge >= 0.3 is 0 Å². The first-order valence-corrected chi connectivity index (χ1v) is 12.0. The molecular formula is C28H31N5.